The molecule has 8 heavy (non-hydrogen) atoms. The van der Waals surface area contributed by atoms with Gasteiger partial charge in [0.05, 0.1) is 6.42 Å². The van der Waals surface area contributed by atoms with Gasteiger partial charge in [0.15, 0.2) is 0 Å². The molecule has 4 heteroatoms. The van der Waals surface area contributed by atoms with Crippen molar-refractivity contribution in [1.82, 2.24) is 0 Å². The van der Waals surface area contributed by atoms with Crippen molar-refractivity contribution in [2.45, 2.75) is 12.8 Å². The van der Waals surface area contributed by atoms with Crippen molar-refractivity contribution < 1.29 is 18.4 Å². The molecular formula is C4H4F2O2. The molecule has 0 amide bonds. The summed E-state index contributed by atoms with van der Waals surface area (Å²) >= 11 is 0. The second-order valence-electron chi connectivity index (χ2n) is 1.14. The molecule has 0 fully saturated rings. The van der Waals surface area contributed by atoms with Crippen LogP contribution in [0.25, 0.3) is 0 Å². The maximum Gasteiger partial charge on any atom is 0.296 e. The van der Waals surface area contributed by atoms with E-state index in [1.807, 2.05) is 0 Å². The molecule has 0 radical (unpaired) electrons. The highest BCUT2D eigenvalue weighted by molar-refractivity contribution is 5.91. The highest BCUT2D eigenvalue weighted by Crippen LogP contribution is 1.94. The Hall–Kier alpha value is -0.800. The Morgan fingerprint density at radius 3 is 2.25 bits per heavy atom. The van der Waals surface area contributed by atoms with Gasteiger partial charge in [0, 0.05) is 0 Å². The van der Waals surface area contributed by atoms with Crippen molar-refractivity contribution in [2.75, 3.05) is 0 Å². The lowest BCUT2D eigenvalue weighted by Crippen LogP contribution is -2.09. The van der Waals surface area contributed by atoms with Crippen LogP contribution in [-0.4, -0.2) is 18.5 Å². The minimum Gasteiger partial charge on any atom is -0.303 e. The number of alkyl halides is 2. The fraction of sp³-hybridized carbons (Fsp3) is 0.500. The lowest BCUT2D eigenvalue weighted by atomic mass is 10.3. The predicted molar refractivity (Wildman–Crippen MR) is 21.7 cm³/mol. The van der Waals surface area contributed by atoms with Gasteiger partial charge in [-0.25, -0.2) is 8.78 Å². The monoisotopic (exact) mass is 122 g/mol. The van der Waals surface area contributed by atoms with Gasteiger partial charge in [-0.2, -0.15) is 0 Å². The molecular weight excluding hydrogens is 118 g/mol. The molecule has 0 bridgehead atoms. The normalized spacial score (nSPS) is 9.38. The molecule has 0 aliphatic heterocycles. The van der Waals surface area contributed by atoms with Crippen LogP contribution in [-0.2, 0) is 9.59 Å². The van der Waals surface area contributed by atoms with E-state index in [0.717, 1.165) is 0 Å². The predicted octanol–water partition coefficient (Wildman–Crippen LogP) is 0.410. The summed E-state index contributed by atoms with van der Waals surface area (Å²) in [4.78, 5) is 19.1. The SMILES string of the molecule is O=CCC(=O)C(F)F. The lowest BCUT2D eigenvalue weighted by molar-refractivity contribution is -0.131. The topological polar surface area (TPSA) is 34.1 Å². The Balaban J connectivity index is 3.48. The number of carbonyl (C=O) groups excluding carboxylic acids is 2. The summed E-state index contributed by atoms with van der Waals surface area (Å²) in [5, 5.41) is 0. The van der Waals surface area contributed by atoms with E-state index in [4.69, 9.17) is 0 Å². The third-order valence-electron chi connectivity index (χ3n) is 0.528. The highest BCUT2D eigenvalue weighted by atomic mass is 19.3. The largest absolute Gasteiger partial charge is 0.303 e. The average molecular weight is 122 g/mol. The number of halogens is 2. The minimum atomic E-state index is -3.00. The molecule has 0 unspecified atom stereocenters. The molecule has 0 rings (SSSR count). The zero-order valence-electron chi connectivity index (χ0n) is 3.93. The molecule has 0 aromatic carbocycles. The van der Waals surface area contributed by atoms with E-state index in [2.05, 4.69) is 0 Å². The number of carbonyl (C=O) groups is 2. The first-order chi connectivity index (χ1) is 3.68. The van der Waals surface area contributed by atoms with E-state index < -0.39 is 18.6 Å². The van der Waals surface area contributed by atoms with Crippen molar-refractivity contribution in [3.8, 4) is 0 Å². The Bertz CT molecular complexity index is 100. The summed E-state index contributed by atoms with van der Waals surface area (Å²) in [5.41, 5.74) is 0. The molecule has 2 nitrogen and oxygen atoms in total. The Labute approximate surface area is 44.5 Å². The number of hydrogen-bond acceptors (Lipinski definition) is 2. The van der Waals surface area contributed by atoms with Crippen molar-refractivity contribution >= 4 is 12.1 Å². The lowest BCUT2D eigenvalue weighted by Gasteiger charge is -1.87. The van der Waals surface area contributed by atoms with Gasteiger partial charge in [0.25, 0.3) is 6.43 Å². The zero-order valence-corrected chi connectivity index (χ0v) is 3.93. The number of aldehydes is 1. The summed E-state index contributed by atoms with van der Waals surface area (Å²) in [6.07, 6.45) is -3.52. The molecule has 46 valence electrons. The van der Waals surface area contributed by atoms with Crippen LogP contribution in [0.3, 0.4) is 0 Å². The molecule has 0 saturated carbocycles. The van der Waals surface area contributed by atoms with Crippen molar-refractivity contribution in [1.29, 1.82) is 0 Å². The highest BCUT2D eigenvalue weighted by Gasteiger charge is 2.12. The first kappa shape index (κ1) is 7.20. The Morgan fingerprint density at radius 2 is 2.12 bits per heavy atom. The maximum absolute atomic E-state index is 11.1. The fourth-order valence-corrected chi connectivity index (χ4v) is 0.171. The molecule has 0 spiro atoms. The fourth-order valence-electron chi connectivity index (χ4n) is 0.171. The summed E-state index contributed by atoms with van der Waals surface area (Å²) in [7, 11) is 0. The number of rotatable bonds is 3. The summed E-state index contributed by atoms with van der Waals surface area (Å²) < 4.78 is 22.2. The van der Waals surface area contributed by atoms with Crippen LogP contribution < -0.4 is 0 Å². The summed E-state index contributed by atoms with van der Waals surface area (Å²) in [5.74, 6) is -1.32. The maximum atomic E-state index is 11.1. The van der Waals surface area contributed by atoms with E-state index in [0.29, 0.717) is 0 Å². The minimum absolute atomic E-state index is 0.161. The van der Waals surface area contributed by atoms with E-state index in [9.17, 15) is 18.4 Å². The van der Waals surface area contributed by atoms with Gasteiger partial charge in [-0.05, 0) is 0 Å². The van der Waals surface area contributed by atoms with Crippen LogP contribution in [0.5, 0.6) is 0 Å². The molecule has 0 heterocycles. The quantitative estimate of drug-likeness (QED) is 0.401. The third-order valence-corrected chi connectivity index (χ3v) is 0.528. The van der Waals surface area contributed by atoms with Crippen molar-refractivity contribution in [2.24, 2.45) is 0 Å². The Morgan fingerprint density at radius 1 is 1.62 bits per heavy atom. The average Bonchev–Trinajstić information content (AvgIpc) is 1.67. The van der Waals surface area contributed by atoms with Crippen LogP contribution in [0.2, 0.25) is 0 Å². The number of hydrogen-bond donors (Lipinski definition) is 0. The molecule has 0 aliphatic rings. The van der Waals surface area contributed by atoms with Crippen molar-refractivity contribution in [3.05, 3.63) is 0 Å². The zero-order chi connectivity index (χ0) is 6.57. The van der Waals surface area contributed by atoms with E-state index >= 15 is 0 Å². The van der Waals surface area contributed by atoms with Gasteiger partial charge in [-0.3, -0.25) is 4.79 Å². The molecule has 0 aromatic heterocycles. The van der Waals surface area contributed by atoms with Gasteiger partial charge in [-0.15, -0.1) is 0 Å². The van der Waals surface area contributed by atoms with Crippen molar-refractivity contribution in [3.63, 3.8) is 0 Å². The second-order valence-corrected chi connectivity index (χ2v) is 1.14. The van der Waals surface area contributed by atoms with Crippen LogP contribution >= 0.6 is 0 Å². The standard InChI is InChI=1S/C4H4F2O2/c5-4(6)3(8)1-2-7/h2,4H,1H2. The van der Waals surface area contributed by atoms with Gasteiger partial charge < -0.3 is 4.79 Å². The van der Waals surface area contributed by atoms with Gasteiger partial charge in [0.1, 0.15) is 6.29 Å². The van der Waals surface area contributed by atoms with Gasteiger partial charge in [0.2, 0.25) is 5.78 Å². The summed E-state index contributed by atoms with van der Waals surface area (Å²) in [6, 6.07) is 0. The number of Topliss-reactive ketones (excluding diaryl/α,β-unsaturated/α-hetero) is 1. The second kappa shape index (κ2) is 3.23. The third kappa shape index (κ3) is 2.39. The molecule has 0 aromatic rings. The molecule has 0 saturated heterocycles. The summed E-state index contributed by atoms with van der Waals surface area (Å²) in [6.45, 7) is 0. The van der Waals surface area contributed by atoms with Crippen LogP contribution in [0.4, 0.5) is 8.78 Å². The number of ketones is 1. The Kier molecular flexibility index (Phi) is 2.91. The van der Waals surface area contributed by atoms with Crippen LogP contribution in [0.1, 0.15) is 6.42 Å². The van der Waals surface area contributed by atoms with Gasteiger partial charge in [-0.1, -0.05) is 0 Å². The first-order valence-electron chi connectivity index (χ1n) is 1.93. The van der Waals surface area contributed by atoms with Crippen LogP contribution in [0.15, 0.2) is 0 Å². The smallest absolute Gasteiger partial charge is 0.296 e. The van der Waals surface area contributed by atoms with E-state index in [1.165, 1.54) is 0 Å². The molecule has 0 aliphatic carbocycles. The van der Waals surface area contributed by atoms with E-state index in [1.54, 1.807) is 0 Å². The van der Waals surface area contributed by atoms with Gasteiger partial charge >= 0.3 is 0 Å². The molecule has 0 N–H and O–H groups in total. The van der Waals surface area contributed by atoms with Crippen LogP contribution in [0, 0.1) is 0 Å². The molecule has 0 atom stereocenters. The van der Waals surface area contributed by atoms with E-state index in [-0.39, 0.29) is 6.29 Å². The first-order valence-corrected chi connectivity index (χ1v) is 1.93.